The van der Waals surface area contributed by atoms with Crippen LogP contribution in [-0.4, -0.2) is 16.5 Å². The lowest BCUT2D eigenvalue weighted by Crippen LogP contribution is -2.51. The summed E-state index contributed by atoms with van der Waals surface area (Å²) in [7, 11) is 0. The second kappa shape index (κ2) is 5.03. The van der Waals surface area contributed by atoms with Crippen molar-refractivity contribution in [3.8, 4) is 0 Å². The van der Waals surface area contributed by atoms with E-state index in [4.69, 9.17) is 0 Å². The van der Waals surface area contributed by atoms with Crippen molar-refractivity contribution < 1.29 is 0 Å². The van der Waals surface area contributed by atoms with Gasteiger partial charge in [0.15, 0.2) is 0 Å². The van der Waals surface area contributed by atoms with E-state index >= 15 is 0 Å². The molecule has 1 atom stereocenters. The van der Waals surface area contributed by atoms with Crippen molar-refractivity contribution in [2.24, 2.45) is 16.2 Å². The van der Waals surface area contributed by atoms with Crippen molar-refractivity contribution in [1.82, 2.24) is 4.90 Å². The summed E-state index contributed by atoms with van der Waals surface area (Å²) in [6.45, 7) is 28.5. The van der Waals surface area contributed by atoms with Gasteiger partial charge in [0, 0.05) is 22.7 Å². The number of hydrogen-bond donors (Lipinski definition) is 0. The molecule has 1 aliphatic rings. The van der Waals surface area contributed by atoms with E-state index < -0.39 is 0 Å². The van der Waals surface area contributed by atoms with E-state index in [1.165, 1.54) is 6.42 Å². The summed E-state index contributed by atoms with van der Waals surface area (Å²) in [5.74, 6) is 0. The minimum absolute atomic E-state index is 0.160. The van der Waals surface area contributed by atoms with Crippen LogP contribution in [0.3, 0.4) is 0 Å². The smallest absolute Gasteiger partial charge is 0.0378 e. The monoisotopic (exact) mass is 293 g/mol. The Morgan fingerprint density at radius 2 is 1.14 bits per heavy atom. The van der Waals surface area contributed by atoms with Crippen LogP contribution < -0.4 is 0 Å². The summed E-state index contributed by atoms with van der Waals surface area (Å²) in [6.07, 6.45) is 1.21. The maximum atomic E-state index is 2.74. The SMILES string of the molecule is CC(C)(C)C1=C(C(C)(C)C)N(C(C)(C)C)C(C(C)(C)C)C1. The molecule has 0 saturated heterocycles. The summed E-state index contributed by atoms with van der Waals surface area (Å²) in [5.41, 5.74) is 4.12. The Labute approximate surface area is 134 Å². The molecule has 1 heterocycles. The minimum atomic E-state index is 0.160. The second-order valence-electron chi connectivity index (χ2n) is 11.0. The van der Waals surface area contributed by atoms with Gasteiger partial charge in [-0.05, 0) is 43.6 Å². The minimum Gasteiger partial charge on any atom is -0.366 e. The molecule has 0 radical (unpaired) electrons. The van der Waals surface area contributed by atoms with Gasteiger partial charge in [-0.1, -0.05) is 62.3 Å². The Kier molecular flexibility index (Phi) is 4.45. The zero-order valence-electron chi connectivity index (χ0n) is 16.7. The van der Waals surface area contributed by atoms with E-state index in [1.54, 1.807) is 11.3 Å². The first-order chi connectivity index (χ1) is 8.97. The van der Waals surface area contributed by atoms with Crippen molar-refractivity contribution in [1.29, 1.82) is 0 Å². The van der Waals surface area contributed by atoms with Gasteiger partial charge in [-0.15, -0.1) is 0 Å². The molecular weight excluding hydrogens is 254 g/mol. The largest absolute Gasteiger partial charge is 0.366 e. The molecule has 0 aromatic rings. The first-order valence-corrected chi connectivity index (χ1v) is 8.51. The lowest BCUT2D eigenvalue weighted by atomic mass is 9.76. The molecule has 0 saturated carbocycles. The molecule has 0 amide bonds. The highest BCUT2D eigenvalue weighted by Gasteiger charge is 2.48. The van der Waals surface area contributed by atoms with Crippen LogP contribution in [0.2, 0.25) is 0 Å². The Morgan fingerprint density at radius 3 is 1.38 bits per heavy atom. The van der Waals surface area contributed by atoms with Gasteiger partial charge in [-0.25, -0.2) is 0 Å². The number of hydrogen-bond acceptors (Lipinski definition) is 1. The molecule has 0 bridgehead atoms. The van der Waals surface area contributed by atoms with Crippen molar-refractivity contribution in [3.63, 3.8) is 0 Å². The first-order valence-electron chi connectivity index (χ1n) is 8.51. The predicted molar refractivity (Wildman–Crippen MR) is 95.4 cm³/mol. The second-order valence-corrected chi connectivity index (χ2v) is 11.0. The fraction of sp³-hybridized carbons (Fsp3) is 0.900. The summed E-state index contributed by atoms with van der Waals surface area (Å²) in [5, 5.41) is 0. The summed E-state index contributed by atoms with van der Waals surface area (Å²) < 4.78 is 0. The fourth-order valence-electron chi connectivity index (χ4n) is 3.65. The lowest BCUT2D eigenvalue weighted by molar-refractivity contribution is 0.0545. The molecule has 0 spiro atoms. The third-order valence-corrected chi connectivity index (χ3v) is 4.57. The van der Waals surface area contributed by atoms with Crippen LogP contribution in [-0.2, 0) is 0 Å². The highest BCUT2D eigenvalue weighted by atomic mass is 15.3. The highest BCUT2D eigenvalue weighted by molar-refractivity contribution is 5.33. The zero-order valence-corrected chi connectivity index (χ0v) is 16.7. The third kappa shape index (κ3) is 3.85. The molecule has 1 aliphatic heterocycles. The van der Waals surface area contributed by atoms with Gasteiger partial charge in [-0.2, -0.15) is 0 Å². The van der Waals surface area contributed by atoms with E-state index in [2.05, 4.69) is 88.0 Å². The van der Waals surface area contributed by atoms with Gasteiger partial charge in [0.1, 0.15) is 0 Å². The quantitative estimate of drug-likeness (QED) is 0.510. The van der Waals surface area contributed by atoms with Crippen LogP contribution in [0.15, 0.2) is 11.3 Å². The van der Waals surface area contributed by atoms with Crippen LogP contribution in [0.5, 0.6) is 0 Å². The first kappa shape index (κ1) is 18.6. The normalized spacial score (nSPS) is 22.3. The Bertz CT molecular complexity index is 413. The molecule has 0 N–H and O–H groups in total. The van der Waals surface area contributed by atoms with Gasteiger partial charge < -0.3 is 4.90 Å². The summed E-state index contributed by atoms with van der Waals surface area (Å²) in [6, 6.07) is 0.584. The molecule has 124 valence electrons. The maximum Gasteiger partial charge on any atom is 0.0378 e. The number of allylic oxidation sites excluding steroid dienone is 1. The van der Waals surface area contributed by atoms with E-state index in [-0.39, 0.29) is 21.8 Å². The molecule has 1 heteroatoms. The number of rotatable bonds is 0. The van der Waals surface area contributed by atoms with Crippen LogP contribution in [0.25, 0.3) is 0 Å². The van der Waals surface area contributed by atoms with Gasteiger partial charge in [0.2, 0.25) is 0 Å². The molecule has 21 heavy (non-hydrogen) atoms. The van der Waals surface area contributed by atoms with E-state index in [0.717, 1.165) is 0 Å². The fourth-order valence-corrected chi connectivity index (χ4v) is 3.65. The maximum absolute atomic E-state index is 2.74. The Balaban J connectivity index is 3.57. The van der Waals surface area contributed by atoms with Crippen LogP contribution >= 0.6 is 0 Å². The van der Waals surface area contributed by atoms with Gasteiger partial charge >= 0.3 is 0 Å². The van der Waals surface area contributed by atoms with Crippen molar-refractivity contribution in [2.45, 2.75) is 101 Å². The molecule has 0 fully saturated rings. The van der Waals surface area contributed by atoms with Crippen molar-refractivity contribution in [2.75, 3.05) is 0 Å². The summed E-state index contributed by atoms with van der Waals surface area (Å²) >= 11 is 0. The Hall–Kier alpha value is -0.460. The molecule has 1 unspecified atom stereocenters. The van der Waals surface area contributed by atoms with Gasteiger partial charge in [-0.3, -0.25) is 0 Å². The average Bonchev–Trinajstić information content (AvgIpc) is 2.52. The molecule has 0 aliphatic carbocycles. The van der Waals surface area contributed by atoms with Gasteiger partial charge in [0.25, 0.3) is 0 Å². The third-order valence-electron chi connectivity index (χ3n) is 4.57. The lowest BCUT2D eigenvalue weighted by Gasteiger charge is -2.49. The molecule has 1 nitrogen and oxygen atoms in total. The standard InChI is InChI=1S/C20H39N/c1-17(2,3)14-13-15(18(4,5)6)21(20(10,11)12)16(14)19(7,8)9/h15H,13H2,1-12H3. The van der Waals surface area contributed by atoms with Gasteiger partial charge in [0.05, 0.1) is 0 Å². The molecule has 1 rings (SSSR count). The van der Waals surface area contributed by atoms with Crippen LogP contribution in [0.1, 0.15) is 89.5 Å². The topological polar surface area (TPSA) is 3.24 Å². The number of nitrogens with zero attached hydrogens (tertiary/aromatic N) is 1. The van der Waals surface area contributed by atoms with Crippen molar-refractivity contribution in [3.05, 3.63) is 11.3 Å². The van der Waals surface area contributed by atoms with Crippen molar-refractivity contribution >= 4 is 0 Å². The molecule has 0 aromatic carbocycles. The Morgan fingerprint density at radius 1 is 0.714 bits per heavy atom. The predicted octanol–water partition coefficient (Wildman–Crippen LogP) is 6.25. The van der Waals surface area contributed by atoms with E-state index in [9.17, 15) is 0 Å². The van der Waals surface area contributed by atoms with Crippen LogP contribution in [0.4, 0.5) is 0 Å². The van der Waals surface area contributed by atoms with E-state index in [1.807, 2.05) is 0 Å². The zero-order chi connectivity index (χ0) is 17.0. The van der Waals surface area contributed by atoms with E-state index in [0.29, 0.717) is 6.04 Å². The molecular formula is C20H39N. The van der Waals surface area contributed by atoms with Crippen LogP contribution in [0, 0.1) is 16.2 Å². The highest BCUT2D eigenvalue weighted by Crippen LogP contribution is 2.52. The average molecular weight is 294 g/mol. The summed E-state index contributed by atoms with van der Waals surface area (Å²) in [4.78, 5) is 2.74. The molecule has 0 aromatic heterocycles.